The number of para-hydroxylation sites is 1. The molecule has 1 saturated heterocycles. The highest BCUT2D eigenvalue weighted by Gasteiger charge is 2.24. The maximum Gasteiger partial charge on any atom is 0.333 e. The van der Waals surface area contributed by atoms with Crippen LogP contribution in [0.2, 0.25) is 0 Å². The van der Waals surface area contributed by atoms with Gasteiger partial charge < -0.3 is 10.4 Å². The number of fused-ring (bicyclic) bond motifs is 1. The summed E-state index contributed by atoms with van der Waals surface area (Å²) < 4.78 is 0. The normalized spacial score (nSPS) is 19.4. The molecule has 0 saturated carbocycles. The quantitative estimate of drug-likeness (QED) is 0.878. The number of carboxylic acid groups (broad SMARTS) is 1. The lowest BCUT2D eigenvalue weighted by molar-refractivity contribution is -0.132. The number of carbonyl (C=O) groups is 1. The Kier molecular flexibility index (Phi) is 3.71. The van der Waals surface area contributed by atoms with Gasteiger partial charge in [0.05, 0.1) is 17.4 Å². The number of anilines is 1. The molecule has 1 aromatic carbocycles. The lowest BCUT2D eigenvalue weighted by atomic mass is 10.0. The highest BCUT2D eigenvalue weighted by molar-refractivity contribution is 5.89. The van der Waals surface area contributed by atoms with Crippen LogP contribution in [0.15, 0.2) is 36.0 Å². The number of hydrogen-bond donors (Lipinski definition) is 2. The van der Waals surface area contributed by atoms with Crippen LogP contribution in [-0.2, 0) is 16.1 Å². The Balaban J connectivity index is 1.84. The second-order valence-corrected chi connectivity index (χ2v) is 5.15. The zero-order valence-electron chi connectivity index (χ0n) is 11.2. The molecule has 3 rings (SSSR count). The van der Waals surface area contributed by atoms with Crippen LogP contribution in [0, 0.1) is 0 Å². The molecule has 0 atom stereocenters. The number of piperidine rings is 1. The van der Waals surface area contributed by atoms with Gasteiger partial charge in [-0.15, -0.1) is 0 Å². The van der Waals surface area contributed by atoms with Crippen molar-refractivity contribution in [3.63, 3.8) is 0 Å². The monoisotopic (exact) mass is 274 g/mol. The van der Waals surface area contributed by atoms with Crippen molar-refractivity contribution in [3.05, 3.63) is 41.6 Å². The minimum absolute atomic E-state index is 0.133. The predicted molar refractivity (Wildman–Crippen MR) is 75.3 cm³/mol. The van der Waals surface area contributed by atoms with Gasteiger partial charge in [0.15, 0.2) is 0 Å². The first-order valence-corrected chi connectivity index (χ1v) is 6.92. The molecule has 1 fully saturated rings. The summed E-state index contributed by atoms with van der Waals surface area (Å²) in [6, 6.07) is 7.78. The molecular formula is C15H18N2O3. The molecule has 106 valence electrons. The summed E-state index contributed by atoms with van der Waals surface area (Å²) in [5, 5.41) is 14.2. The fourth-order valence-corrected chi connectivity index (χ4v) is 2.62. The molecule has 0 spiro atoms. The zero-order valence-corrected chi connectivity index (χ0v) is 11.2. The van der Waals surface area contributed by atoms with E-state index in [1.165, 1.54) is 0 Å². The maximum absolute atomic E-state index is 11.2. The average Bonchev–Trinajstić information content (AvgIpc) is 2.48. The van der Waals surface area contributed by atoms with Gasteiger partial charge in [-0.2, -0.15) is 0 Å². The molecule has 0 unspecified atom stereocenters. The summed E-state index contributed by atoms with van der Waals surface area (Å²) in [7, 11) is 0. The Morgan fingerprint density at radius 2 is 2.05 bits per heavy atom. The molecule has 2 heterocycles. The third-order valence-corrected chi connectivity index (χ3v) is 3.71. The molecule has 2 aliphatic rings. The number of nitrogens with one attached hydrogen (secondary N) is 1. The van der Waals surface area contributed by atoms with Gasteiger partial charge in [0.2, 0.25) is 0 Å². The zero-order chi connectivity index (χ0) is 13.9. The molecule has 0 radical (unpaired) electrons. The Labute approximate surface area is 117 Å². The maximum atomic E-state index is 11.2. The summed E-state index contributed by atoms with van der Waals surface area (Å²) in [6.07, 6.45) is 4.06. The van der Waals surface area contributed by atoms with E-state index >= 15 is 0 Å². The van der Waals surface area contributed by atoms with Gasteiger partial charge >= 0.3 is 5.97 Å². The molecule has 0 aromatic heterocycles. The molecule has 20 heavy (non-hydrogen) atoms. The third-order valence-electron chi connectivity index (χ3n) is 3.71. The molecule has 0 amide bonds. The highest BCUT2D eigenvalue weighted by Crippen LogP contribution is 2.30. The van der Waals surface area contributed by atoms with Gasteiger partial charge in [-0.25, -0.2) is 9.86 Å². The minimum Gasteiger partial charge on any atom is -0.478 e. The van der Waals surface area contributed by atoms with Gasteiger partial charge in [-0.1, -0.05) is 18.2 Å². The lowest BCUT2D eigenvalue weighted by Gasteiger charge is -2.32. The van der Waals surface area contributed by atoms with Crippen LogP contribution in [0.1, 0.15) is 18.4 Å². The van der Waals surface area contributed by atoms with Gasteiger partial charge in [0.1, 0.15) is 0 Å². The second-order valence-electron chi connectivity index (χ2n) is 5.15. The van der Waals surface area contributed by atoms with E-state index < -0.39 is 5.97 Å². The molecule has 2 N–H and O–H groups in total. The van der Waals surface area contributed by atoms with Gasteiger partial charge in [-0.05, 0) is 37.6 Å². The van der Waals surface area contributed by atoms with Crippen molar-refractivity contribution >= 4 is 11.7 Å². The van der Waals surface area contributed by atoms with Gasteiger partial charge in [-0.3, -0.25) is 4.84 Å². The van der Waals surface area contributed by atoms with Crippen LogP contribution in [0.4, 0.5) is 5.69 Å². The van der Waals surface area contributed by atoms with E-state index in [4.69, 9.17) is 4.84 Å². The standard InChI is InChI=1S/C15H18N2O3/c18-15(19)12-9-11-3-1-2-4-14(11)17(10-12)20-13-5-7-16-8-6-13/h1-4,10,13,16H,5-9H2,(H,18,19). The van der Waals surface area contributed by atoms with E-state index in [9.17, 15) is 9.90 Å². The van der Waals surface area contributed by atoms with Crippen molar-refractivity contribution in [1.82, 2.24) is 5.32 Å². The van der Waals surface area contributed by atoms with Crippen LogP contribution in [0.25, 0.3) is 0 Å². The minimum atomic E-state index is -0.890. The Morgan fingerprint density at radius 1 is 1.30 bits per heavy atom. The number of nitrogens with zero attached hydrogens (tertiary/aromatic N) is 1. The van der Waals surface area contributed by atoms with Crippen LogP contribution >= 0.6 is 0 Å². The third kappa shape index (κ3) is 2.69. The second kappa shape index (κ2) is 5.64. The first-order chi connectivity index (χ1) is 9.74. The van der Waals surface area contributed by atoms with Crippen LogP contribution in [0.5, 0.6) is 0 Å². The summed E-state index contributed by atoms with van der Waals surface area (Å²) in [5.74, 6) is -0.890. The summed E-state index contributed by atoms with van der Waals surface area (Å²) in [4.78, 5) is 17.2. The first kappa shape index (κ1) is 13.1. The lowest BCUT2D eigenvalue weighted by Crippen LogP contribution is -2.37. The number of hydroxylamine groups is 1. The van der Waals surface area contributed by atoms with Gasteiger partial charge in [0.25, 0.3) is 0 Å². The van der Waals surface area contributed by atoms with Crippen molar-refractivity contribution in [2.45, 2.75) is 25.4 Å². The number of rotatable bonds is 3. The van der Waals surface area contributed by atoms with Crippen molar-refractivity contribution in [2.24, 2.45) is 0 Å². The van der Waals surface area contributed by atoms with E-state index in [0.29, 0.717) is 12.0 Å². The molecular weight excluding hydrogens is 256 g/mol. The summed E-state index contributed by atoms with van der Waals surface area (Å²) in [6.45, 7) is 1.88. The van der Waals surface area contributed by atoms with Gasteiger partial charge in [0, 0.05) is 12.6 Å². The fraction of sp³-hybridized carbons (Fsp3) is 0.400. The average molecular weight is 274 g/mol. The smallest absolute Gasteiger partial charge is 0.333 e. The molecule has 0 bridgehead atoms. The molecule has 5 heteroatoms. The van der Waals surface area contributed by atoms with Crippen molar-refractivity contribution in [3.8, 4) is 0 Å². The van der Waals surface area contributed by atoms with Crippen LogP contribution in [0.3, 0.4) is 0 Å². The van der Waals surface area contributed by atoms with E-state index in [1.54, 1.807) is 11.3 Å². The van der Waals surface area contributed by atoms with E-state index in [2.05, 4.69) is 5.32 Å². The fourth-order valence-electron chi connectivity index (χ4n) is 2.62. The number of hydrogen-bond acceptors (Lipinski definition) is 4. The van der Waals surface area contributed by atoms with Crippen molar-refractivity contribution < 1.29 is 14.7 Å². The topological polar surface area (TPSA) is 61.8 Å². The Bertz CT molecular complexity index is 536. The largest absolute Gasteiger partial charge is 0.478 e. The SMILES string of the molecule is O=C(O)C1=CN(OC2CCNCC2)c2ccccc2C1. The number of carboxylic acids is 1. The Hall–Kier alpha value is -1.85. The van der Waals surface area contributed by atoms with E-state index in [-0.39, 0.29) is 6.10 Å². The Morgan fingerprint density at radius 3 is 2.80 bits per heavy atom. The van der Waals surface area contributed by atoms with Crippen molar-refractivity contribution in [2.75, 3.05) is 18.2 Å². The van der Waals surface area contributed by atoms with Crippen molar-refractivity contribution in [1.29, 1.82) is 0 Å². The highest BCUT2D eigenvalue weighted by atomic mass is 16.7. The molecule has 5 nitrogen and oxygen atoms in total. The first-order valence-electron chi connectivity index (χ1n) is 6.92. The van der Waals surface area contributed by atoms with Crippen LogP contribution in [-0.4, -0.2) is 30.3 Å². The summed E-state index contributed by atoms with van der Waals surface area (Å²) in [5.41, 5.74) is 2.29. The number of benzene rings is 1. The molecule has 1 aromatic rings. The molecule has 0 aliphatic carbocycles. The predicted octanol–water partition coefficient (Wildman–Crippen LogP) is 1.70. The van der Waals surface area contributed by atoms with E-state index in [1.807, 2.05) is 24.3 Å². The number of aliphatic carboxylic acids is 1. The molecule has 2 aliphatic heterocycles. The summed E-state index contributed by atoms with van der Waals surface area (Å²) >= 11 is 0. The van der Waals surface area contributed by atoms with Crippen LogP contribution < -0.4 is 10.4 Å². The van der Waals surface area contributed by atoms with E-state index in [0.717, 1.165) is 37.2 Å².